The van der Waals surface area contributed by atoms with Crippen molar-refractivity contribution in [3.8, 4) is 0 Å². The van der Waals surface area contributed by atoms with Crippen LogP contribution in [-0.4, -0.2) is 5.11 Å². The molecule has 2 aromatic rings. The topological polar surface area (TPSA) is 24.1 Å². The van der Waals surface area contributed by atoms with Gasteiger partial charge in [-0.15, -0.1) is 0 Å². The summed E-state index contributed by atoms with van der Waals surface area (Å²) in [5.74, 6) is -4.37. The summed E-state index contributed by atoms with van der Waals surface area (Å²) in [4.78, 5) is 0. The number of alkyl halides is 2. The monoisotopic (exact) mass is 378 g/mol. The highest BCUT2D eigenvalue weighted by molar-refractivity contribution is 7.80. The summed E-state index contributed by atoms with van der Waals surface area (Å²) in [6.07, 6.45) is 0. The minimum Gasteiger partial charge on any atom is -0.358 e. The summed E-state index contributed by atoms with van der Waals surface area (Å²) < 4.78 is 42.6. The van der Waals surface area contributed by atoms with E-state index in [0.29, 0.717) is 0 Å². The van der Waals surface area contributed by atoms with Crippen LogP contribution in [0.2, 0.25) is 0 Å². The summed E-state index contributed by atoms with van der Waals surface area (Å²) in [5.41, 5.74) is 2.08. The zero-order valence-electron chi connectivity index (χ0n) is 14.9. The molecule has 0 bridgehead atoms. The molecule has 6 heteroatoms. The summed E-state index contributed by atoms with van der Waals surface area (Å²) in [7, 11) is 0. The summed E-state index contributed by atoms with van der Waals surface area (Å²) >= 11 is 5.20. The van der Waals surface area contributed by atoms with Crippen molar-refractivity contribution in [3.05, 3.63) is 76.6 Å². The molecule has 0 aliphatic rings. The average molecular weight is 378 g/mol. The second-order valence-electron chi connectivity index (χ2n) is 6.24. The van der Waals surface area contributed by atoms with Crippen molar-refractivity contribution in [2.75, 3.05) is 5.32 Å². The number of halogens is 3. The first-order valence-electron chi connectivity index (χ1n) is 8.06. The lowest BCUT2D eigenvalue weighted by Crippen LogP contribution is -2.28. The third-order valence-electron chi connectivity index (χ3n) is 4.16. The van der Waals surface area contributed by atoms with Crippen molar-refractivity contribution in [1.82, 2.24) is 5.32 Å². The minimum absolute atomic E-state index is 0.0113. The molecular weight excluding hydrogens is 357 g/mol. The van der Waals surface area contributed by atoms with Crippen LogP contribution in [-0.2, 0) is 12.5 Å². The van der Waals surface area contributed by atoms with E-state index in [1.165, 1.54) is 19.1 Å². The molecule has 0 spiro atoms. The van der Waals surface area contributed by atoms with E-state index in [2.05, 4.69) is 17.2 Å². The fourth-order valence-electron chi connectivity index (χ4n) is 2.36. The van der Waals surface area contributed by atoms with Gasteiger partial charge >= 0.3 is 0 Å². The molecule has 138 valence electrons. The first-order chi connectivity index (χ1) is 12.1. The Morgan fingerprint density at radius 3 is 2.46 bits per heavy atom. The quantitative estimate of drug-likeness (QED) is 0.523. The van der Waals surface area contributed by atoms with Gasteiger partial charge in [0.15, 0.2) is 5.11 Å². The van der Waals surface area contributed by atoms with E-state index >= 15 is 0 Å². The molecule has 0 radical (unpaired) electrons. The molecule has 0 heterocycles. The summed E-state index contributed by atoms with van der Waals surface area (Å²) in [5, 5.41) is 6.12. The number of allylic oxidation sites excluding steroid dienone is 1. The van der Waals surface area contributed by atoms with Crippen LogP contribution in [0.15, 0.2) is 48.6 Å². The van der Waals surface area contributed by atoms with E-state index in [4.69, 9.17) is 12.2 Å². The molecule has 2 rings (SSSR count). The van der Waals surface area contributed by atoms with Gasteiger partial charge in [0.2, 0.25) is 0 Å². The Bertz CT molecular complexity index is 847. The van der Waals surface area contributed by atoms with E-state index in [0.717, 1.165) is 22.9 Å². The van der Waals surface area contributed by atoms with Gasteiger partial charge in [-0.3, -0.25) is 0 Å². The third kappa shape index (κ3) is 4.43. The van der Waals surface area contributed by atoms with Gasteiger partial charge < -0.3 is 10.6 Å². The Balaban J connectivity index is 2.08. The van der Waals surface area contributed by atoms with Gasteiger partial charge in [-0.1, -0.05) is 24.8 Å². The molecule has 0 aliphatic carbocycles. The normalized spacial score (nSPS) is 11.2. The lowest BCUT2D eigenvalue weighted by atomic mass is 9.99. The second kappa shape index (κ2) is 7.91. The molecule has 2 aromatic carbocycles. The predicted molar refractivity (Wildman–Crippen MR) is 104 cm³/mol. The number of anilines is 1. The van der Waals surface area contributed by atoms with Crippen LogP contribution >= 0.6 is 12.2 Å². The molecule has 0 unspecified atom stereocenters. The van der Waals surface area contributed by atoms with Crippen LogP contribution in [0, 0.1) is 19.7 Å². The van der Waals surface area contributed by atoms with Crippen LogP contribution < -0.4 is 10.6 Å². The smallest absolute Gasteiger partial charge is 0.296 e. The van der Waals surface area contributed by atoms with Crippen LogP contribution in [0.3, 0.4) is 0 Å². The molecule has 0 saturated heterocycles. The third-order valence-corrected chi connectivity index (χ3v) is 4.40. The number of benzene rings is 2. The molecule has 0 amide bonds. The van der Waals surface area contributed by atoms with Crippen LogP contribution in [0.4, 0.5) is 18.9 Å². The number of hydrogen-bond acceptors (Lipinski definition) is 1. The Morgan fingerprint density at radius 2 is 1.85 bits per heavy atom. The van der Waals surface area contributed by atoms with Crippen molar-refractivity contribution in [2.24, 2.45) is 0 Å². The van der Waals surface area contributed by atoms with Crippen LogP contribution in [0.1, 0.15) is 29.2 Å². The van der Waals surface area contributed by atoms with Crippen molar-refractivity contribution < 1.29 is 13.2 Å². The van der Waals surface area contributed by atoms with Crippen molar-refractivity contribution in [2.45, 2.75) is 33.2 Å². The molecular formula is C20H21F3N2S. The zero-order chi connectivity index (χ0) is 19.5. The maximum Gasteiger partial charge on any atom is 0.296 e. The summed E-state index contributed by atoms with van der Waals surface area (Å²) in [6, 6.07) is 9.69. The number of nitrogens with one attached hydrogen (secondary N) is 2. The van der Waals surface area contributed by atoms with E-state index in [1.54, 1.807) is 0 Å². The maximum atomic E-state index is 14.5. The number of aryl methyl sites for hydroxylation is 2. The second-order valence-corrected chi connectivity index (χ2v) is 6.65. The van der Waals surface area contributed by atoms with Gasteiger partial charge in [-0.05, 0) is 67.9 Å². The van der Waals surface area contributed by atoms with Gasteiger partial charge in [0.05, 0.1) is 5.56 Å². The lowest BCUT2D eigenvalue weighted by Gasteiger charge is -2.19. The Kier molecular flexibility index (Phi) is 6.08. The average Bonchev–Trinajstić information content (AvgIpc) is 2.57. The molecule has 26 heavy (non-hydrogen) atoms. The van der Waals surface area contributed by atoms with Crippen LogP contribution in [0.25, 0.3) is 0 Å². The fourth-order valence-corrected chi connectivity index (χ4v) is 2.55. The largest absolute Gasteiger partial charge is 0.358 e. The maximum absolute atomic E-state index is 14.5. The number of thiocarbonyl (C=S) groups is 1. The number of rotatable bonds is 5. The van der Waals surface area contributed by atoms with E-state index < -0.39 is 22.9 Å². The highest BCUT2D eigenvalue weighted by Gasteiger charge is 2.36. The molecule has 0 saturated carbocycles. The Labute approximate surface area is 157 Å². The van der Waals surface area contributed by atoms with Crippen molar-refractivity contribution in [3.63, 3.8) is 0 Å². The molecule has 2 nitrogen and oxygen atoms in total. The minimum atomic E-state index is -3.42. The first-order valence-corrected chi connectivity index (χ1v) is 8.47. The summed E-state index contributed by atoms with van der Waals surface area (Å²) in [6.45, 7) is 8.40. The standard InChI is InChI=1S/C20H21F3N2S/c1-12(2)20(22,23)17-7-5-6-15(18(17)21)11-24-19(26)25-16-9-8-13(3)14(4)10-16/h5-10H,1,11H2,2-4H3,(H2,24,25,26). The first kappa shape index (κ1) is 20.0. The zero-order valence-corrected chi connectivity index (χ0v) is 15.7. The fraction of sp³-hybridized carbons (Fsp3) is 0.250. The van der Waals surface area contributed by atoms with Gasteiger partial charge in [0, 0.05) is 17.8 Å². The van der Waals surface area contributed by atoms with Crippen molar-refractivity contribution >= 4 is 23.0 Å². The van der Waals surface area contributed by atoms with E-state index in [-0.39, 0.29) is 17.2 Å². The Morgan fingerprint density at radius 1 is 1.15 bits per heavy atom. The van der Waals surface area contributed by atoms with Crippen molar-refractivity contribution in [1.29, 1.82) is 0 Å². The molecule has 2 N–H and O–H groups in total. The lowest BCUT2D eigenvalue weighted by molar-refractivity contribution is 0.0345. The SMILES string of the molecule is C=C(C)C(F)(F)c1cccc(CNC(=S)Nc2ccc(C)c(C)c2)c1F. The number of hydrogen-bond donors (Lipinski definition) is 2. The molecule has 0 aromatic heterocycles. The highest BCUT2D eigenvalue weighted by atomic mass is 32.1. The van der Waals surface area contributed by atoms with E-state index in [1.807, 2.05) is 32.0 Å². The molecule has 0 fully saturated rings. The van der Waals surface area contributed by atoms with Gasteiger partial charge in [-0.2, -0.15) is 8.78 Å². The Hall–Kier alpha value is -2.34. The van der Waals surface area contributed by atoms with Gasteiger partial charge in [-0.25, -0.2) is 4.39 Å². The van der Waals surface area contributed by atoms with Gasteiger partial charge in [0.1, 0.15) is 5.82 Å². The molecule has 0 aliphatic heterocycles. The van der Waals surface area contributed by atoms with Gasteiger partial charge in [0.25, 0.3) is 5.92 Å². The van der Waals surface area contributed by atoms with Crippen LogP contribution in [0.5, 0.6) is 0 Å². The predicted octanol–water partition coefficient (Wildman–Crippen LogP) is 5.60. The van der Waals surface area contributed by atoms with E-state index in [9.17, 15) is 13.2 Å². The highest BCUT2D eigenvalue weighted by Crippen LogP contribution is 2.36. The molecule has 0 atom stereocenters.